The van der Waals surface area contributed by atoms with Crippen molar-refractivity contribution in [1.82, 2.24) is 15.1 Å². The summed E-state index contributed by atoms with van der Waals surface area (Å²) in [6, 6.07) is 7.76. The molecule has 24 heavy (non-hydrogen) atoms. The summed E-state index contributed by atoms with van der Waals surface area (Å²) in [5.41, 5.74) is 1.01. The van der Waals surface area contributed by atoms with Crippen LogP contribution in [0.4, 0.5) is 0 Å². The average Bonchev–Trinajstić information content (AvgIpc) is 3.02. The lowest BCUT2D eigenvalue weighted by atomic mass is 9.99. The van der Waals surface area contributed by atoms with Gasteiger partial charge in [-0.25, -0.2) is 0 Å². The Hall–Kier alpha value is -2.08. The number of hydrogen-bond acceptors (Lipinski definition) is 4. The van der Waals surface area contributed by atoms with Gasteiger partial charge in [-0.15, -0.1) is 0 Å². The summed E-state index contributed by atoms with van der Waals surface area (Å²) < 4.78 is 5.48. The molecule has 3 rings (SSSR count). The second kappa shape index (κ2) is 7.21. The molecule has 2 heterocycles. The lowest BCUT2D eigenvalue weighted by molar-refractivity contribution is -0.139. The lowest BCUT2D eigenvalue weighted by Gasteiger charge is -2.38. The van der Waals surface area contributed by atoms with Gasteiger partial charge in [0.15, 0.2) is 0 Å². The fourth-order valence-electron chi connectivity index (χ4n) is 3.67. The van der Waals surface area contributed by atoms with Crippen LogP contribution in [-0.2, 0) is 9.59 Å². The average molecular weight is 331 g/mol. The maximum atomic E-state index is 13.1. The van der Waals surface area contributed by atoms with E-state index in [1.54, 1.807) is 12.0 Å². The monoisotopic (exact) mass is 331 g/mol. The Labute approximate surface area is 142 Å². The summed E-state index contributed by atoms with van der Waals surface area (Å²) in [4.78, 5) is 28.7. The maximum Gasteiger partial charge on any atom is 0.228 e. The van der Waals surface area contributed by atoms with Crippen LogP contribution in [-0.4, -0.2) is 61.4 Å². The van der Waals surface area contributed by atoms with E-state index in [4.69, 9.17) is 4.74 Å². The molecule has 1 aromatic rings. The lowest BCUT2D eigenvalue weighted by Crippen LogP contribution is -2.50. The Balaban J connectivity index is 1.82. The van der Waals surface area contributed by atoms with Crippen molar-refractivity contribution < 1.29 is 14.3 Å². The SMILES string of the molecule is CCN1CC(C(=O)N2CCNCC2c2ccccc2OC)CC1=O. The van der Waals surface area contributed by atoms with Gasteiger partial charge in [-0.1, -0.05) is 18.2 Å². The number of carbonyl (C=O) groups is 2. The number of nitrogens with zero attached hydrogens (tertiary/aromatic N) is 2. The van der Waals surface area contributed by atoms with Crippen LogP contribution >= 0.6 is 0 Å². The van der Waals surface area contributed by atoms with E-state index < -0.39 is 0 Å². The molecule has 0 radical (unpaired) electrons. The zero-order valence-electron chi connectivity index (χ0n) is 14.3. The molecule has 2 aliphatic heterocycles. The van der Waals surface area contributed by atoms with Crippen LogP contribution in [0.25, 0.3) is 0 Å². The van der Waals surface area contributed by atoms with E-state index in [1.807, 2.05) is 36.1 Å². The van der Waals surface area contributed by atoms with Gasteiger partial charge in [-0.05, 0) is 13.0 Å². The molecule has 6 heteroatoms. The number of ether oxygens (including phenoxy) is 1. The molecule has 2 atom stereocenters. The molecule has 1 aromatic carbocycles. The molecule has 6 nitrogen and oxygen atoms in total. The molecule has 0 aromatic heterocycles. The van der Waals surface area contributed by atoms with Gasteiger partial charge in [-0.2, -0.15) is 0 Å². The quantitative estimate of drug-likeness (QED) is 0.895. The van der Waals surface area contributed by atoms with Crippen LogP contribution in [0.3, 0.4) is 0 Å². The molecule has 0 spiro atoms. The molecule has 2 saturated heterocycles. The minimum Gasteiger partial charge on any atom is -0.496 e. The van der Waals surface area contributed by atoms with Gasteiger partial charge >= 0.3 is 0 Å². The Morgan fingerprint density at radius 1 is 1.38 bits per heavy atom. The normalized spacial score (nSPS) is 24.3. The van der Waals surface area contributed by atoms with Crippen molar-refractivity contribution in [1.29, 1.82) is 0 Å². The molecule has 2 aliphatic rings. The maximum absolute atomic E-state index is 13.1. The molecule has 0 saturated carbocycles. The molecule has 1 N–H and O–H groups in total. The number of benzene rings is 1. The Bertz CT molecular complexity index is 619. The summed E-state index contributed by atoms with van der Waals surface area (Å²) in [7, 11) is 1.65. The van der Waals surface area contributed by atoms with Crippen molar-refractivity contribution >= 4 is 11.8 Å². The topological polar surface area (TPSA) is 61.9 Å². The molecular weight excluding hydrogens is 306 g/mol. The highest BCUT2D eigenvalue weighted by atomic mass is 16.5. The first-order valence-electron chi connectivity index (χ1n) is 8.57. The fourth-order valence-corrected chi connectivity index (χ4v) is 3.67. The van der Waals surface area contributed by atoms with Crippen molar-refractivity contribution in [2.75, 3.05) is 39.8 Å². The number of methoxy groups -OCH3 is 1. The van der Waals surface area contributed by atoms with Crippen LogP contribution in [0.5, 0.6) is 5.75 Å². The van der Waals surface area contributed by atoms with Gasteiger partial charge in [0.05, 0.1) is 19.1 Å². The smallest absolute Gasteiger partial charge is 0.228 e. The fraction of sp³-hybridized carbons (Fsp3) is 0.556. The first kappa shape index (κ1) is 16.8. The summed E-state index contributed by atoms with van der Waals surface area (Å²) in [5, 5.41) is 3.36. The van der Waals surface area contributed by atoms with Crippen LogP contribution in [0.15, 0.2) is 24.3 Å². The van der Waals surface area contributed by atoms with E-state index in [9.17, 15) is 9.59 Å². The third kappa shape index (κ3) is 3.11. The second-order valence-electron chi connectivity index (χ2n) is 6.33. The number of piperazine rings is 1. The highest BCUT2D eigenvalue weighted by Crippen LogP contribution is 2.32. The number of amides is 2. The number of likely N-dealkylation sites (tertiary alicyclic amines) is 1. The molecular formula is C18H25N3O3. The summed E-state index contributed by atoms with van der Waals surface area (Å²) >= 11 is 0. The summed E-state index contributed by atoms with van der Waals surface area (Å²) in [6.07, 6.45) is 0.329. The molecule has 2 fully saturated rings. The number of rotatable bonds is 4. The van der Waals surface area contributed by atoms with Crippen LogP contribution in [0.2, 0.25) is 0 Å². The number of hydrogen-bond donors (Lipinski definition) is 1. The summed E-state index contributed by atoms with van der Waals surface area (Å²) in [5.74, 6) is 0.728. The largest absolute Gasteiger partial charge is 0.496 e. The van der Waals surface area contributed by atoms with Crippen molar-refractivity contribution in [2.45, 2.75) is 19.4 Å². The second-order valence-corrected chi connectivity index (χ2v) is 6.33. The van der Waals surface area contributed by atoms with Crippen molar-refractivity contribution in [2.24, 2.45) is 5.92 Å². The van der Waals surface area contributed by atoms with E-state index in [2.05, 4.69) is 5.32 Å². The third-order valence-corrected chi connectivity index (χ3v) is 4.97. The van der Waals surface area contributed by atoms with Crippen molar-refractivity contribution in [3.63, 3.8) is 0 Å². The Morgan fingerprint density at radius 3 is 2.88 bits per heavy atom. The van der Waals surface area contributed by atoms with E-state index >= 15 is 0 Å². The summed E-state index contributed by atoms with van der Waals surface area (Å²) in [6.45, 7) is 5.28. The standard InChI is InChI=1S/C18H25N3O3/c1-3-20-12-13(10-17(20)22)18(23)21-9-8-19-11-15(21)14-6-4-5-7-16(14)24-2/h4-7,13,15,19H,3,8-12H2,1-2H3. The van der Waals surface area contributed by atoms with Crippen LogP contribution in [0.1, 0.15) is 24.9 Å². The molecule has 0 bridgehead atoms. The van der Waals surface area contributed by atoms with Gasteiger partial charge in [0, 0.05) is 44.7 Å². The van der Waals surface area contributed by atoms with Gasteiger partial charge in [-0.3, -0.25) is 9.59 Å². The molecule has 2 unspecified atom stereocenters. The highest BCUT2D eigenvalue weighted by molar-refractivity contribution is 5.89. The number of carbonyl (C=O) groups excluding carboxylic acids is 2. The molecule has 0 aliphatic carbocycles. The van der Waals surface area contributed by atoms with Crippen LogP contribution < -0.4 is 10.1 Å². The van der Waals surface area contributed by atoms with E-state index in [0.717, 1.165) is 17.9 Å². The van der Waals surface area contributed by atoms with Crippen LogP contribution in [0, 0.1) is 5.92 Å². The van der Waals surface area contributed by atoms with E-state index in [1.165, 1.54) is 0 Å². The minimum atomic E-state index is -0.229. The van der Waals surface area contributed by atoms with E-state index in [0.29, 0.717) is 32.6 Å². The first-order valence-corrected chi connectivity index (χ1v) is 8.57. The number of nitrogens with one attached hydrogen (secondary N) is 1. The first-order chi connectivity index (χ1) is 11.7. The molecule has 2 amide bonds. The van der Waals surface area contributed by atoms with E-state index in [-0.39, 0.29) is 23.8 Å². The highest BCUT2D eigenvalue weighted by Gasteiger charge is 2.39. The predicted octanol–water partition coefficient (Wildman–Crippen LogP) is 1.04. The predicted molar refractivity (Wildman–Crippen MR) is 90.7 cm³/mol. The van der Waals surface area contributed by atoms with Crippen molar-refractivity contribution in [3.05, 3.63) is 29.8 Å². The van der Waals surface area contributed by atoms with Gasteiger partial charge in [0.25, 0.3) is 0 Å². The Morgan fingerprint density at radius 2 is 2.17 bits per heavy atom. The molecule has 130 valence electrons. The zero-order chi connectivity index (χ0) is 17.1. The number of para-hydroxylation sites is 1. The van der Waals surface area contributed by atoms with Gasteiger partial charge < -0.3 is 19.9 Å². The van der Waals surface area contributed by atoms with Gasteiger partial charge in [0.1, 0.15) is 5.75 Å². The van der Waals surface area contributed by atoms with Gasteiger partial charge in [0.2, 0.25) is 11.8 Å². The van der Waals surface area contributed by atoms with Crippen molar-refractivity contribution in [3.8, 4) is 5.75 Å². The zero-order valence-corrected chi connectivity index (χ0v) is 14.3. The third-order valence-electron chi connectivity index (χ3n) is 4.97. The Kier molecular flexibility index (Phi) is 5.04. The minimum absolute atomic E-state index is 0.0619.